The maximum atomic E-state index is 6.12. The van der Waals surface area contributed by atoms with Crippen LogP contribution in [0.5, 0.6) is 0 Å². The Morgan fingerprint density at radius 1 is 1.42 bits per heavy atom. The van der Waals surface area contributed by atoms with Crippen molar-refractivity contribution in [3.05, 3.63) is 34.7 Å². The number of aromatic nitrogens is 2. The van der Waals surface area contributed by atoms with Crippen LogP contribution >= 0.6 is 11.6 Å². The average molecular weight is 277 g/mol. The molecule has 0 saturated heterocycles. The van der Waals surface area contributed by atoms with E-state index < -0.39 is 0 Å². The van der Waals surface area contributed by atoms with Crippen molar-refractivity contribution in [3.63, 3.8) is 0 Å². The Morgan fingerprint density at radius 2 is 2.21 bits per heavy atom. The highest BCUT2D eigenvalue weighted by Gasteiger charge is 2.32. The maximum absolute atomic E-state index is 6.12. The van der Waals surface area contributed by atoms with Gasteiger partial charge in [0.05, 0.1) is 10.7 Å². The second-order valence-corrected chi connectivity index (χ2v) is 6.80. The predicted molar refractivity (Wildman–Crippen MR) is 79.8 cm³/mol. The highest BCUT2D eigenvalue weighted by atomic mass is 35.5. The van der Waals surface area contributed by atoms with Crippen molar-refractivity contribution in [3.8, 4) is 0 Å². The molecule has 1 aliphatic rings. The van der Waals surface area contributed by atoms with Crippen molar-refractivity contribution in [1.82, 2.24) is 9.38 Å². The molecule has 19 heavy (non-hydrogen) atoms. The summed E-state index contributed by atoms with van der Waals surface area (Å²) in [5.41, 5.74) is 4.07. The van der Waals surface area contributed by atoms with Crippen LogP contribution in [-0.2, 0) is 12.8 Å². The van der Waals surface area contributed by atoms with Crippen molar-refractivity contribution in [2.24, 2.45) is 11.3 Å². The van der Waals surface area contributed by atoms with Crippen LogP contribution in [0.2, 0.25) is 5.02 Å². The minimum atomic E-state index is 0.403. The van der Waals surface area contributed by atoms with Crippen molar-refractivity contribution < 1.29 is 0 Å². The molecule has 0 amide bonds. The molecule has 0 bridgehead atoms. The number of pyridine rings is 1. The first-order valence-electron chi connectivity index (χ1n) is 7.16. The van der Waals surface area contributed by atoms with Crippen LogP contribution in [0.15, 0.2) is 18.3 Å². The third-order valence-corrected chi connectivity index (χ3v) is 5.17. The number of nitrogens with zero attached hydrogens (tertiary/aromatic N) is 2. The fourth-order valence-electron chi connectivity index (χ4n) is 3.13. The van der Waals surface area contributed by atoms with Gasteiger partial charge in [0, 0.05) is 11.9 Å². The lowest BCUT2D eigenvalue weighted by atomic mass is 9.70. The van der Waals surface area contributed by atoms with E-state index >= 15 is 0 Å². The first-order chi connectivity index (χ1) is 9.01. The molecule has 3 heteroatoms. The number of rotatable bonds is 2. The molecule has 102 valence electrons. The molecule has 2 aromatic rings. The number of hydrogen-bond acceptors (Lipinski definition) is 1. The molecule has 0 aliphatic heterocycles. The number of fused-ring (bicyclic) bond motifs is 3. The highest BCUT2D eigenvalue weighted by molar-refractivity contribution is 6.30. The fraction of sp³-hybridized carbons (Fsp3) is 0.562. The van der Waals surface area contributed by atoms with Crippen molar-refractivity contribution in [1.29, 1.82) is 0 Å². The minimum Gasteiger partial charge on any atom is -0.302 e. The van der Waals surface area contributed by atoms with Crippen LogP contribution in [0.3, 0.4) is 0 Å². The van der Waals surface area contributed by atoms with Crippen LogP contribution in [0.4, 0.5) is 0 Å². The fourth-order valence-corrected chi connectivity index (χ4v) is 3.30. The number of imidazole rings is 1. The molecule has 0 aromatic carbocycles. The molecule has 1 unspecified atom stereocenters. The smallest absolute Gasteiger partial charge is 0.137 e. The summed E-state index contributed by atoms with van der Waals surface area (Å²) >= 11 is 6.12. The van der Waals surface area contributed by atoms with Gasteiger partial charge in [0.25, 0.3) is 0 Å². The van der Waals surface area contributed by atoms with Gasteiger partial charge < -0.3 is 4.40 Å². The Hall–Kier alpha value is -1.02. The van der Waals surface area contributed by atoms with Crippen LogP contribution in [0.25, 0.3) is 5.65 Å². The SMILES string of the molecule is CCC(C)(C)C1CCc2nc3ccc(Cl)cn3c2C1. The summed E-state index contributed by atoms with van der Waals surface area (Å²) in [6, 6.07) is 3.93. The number of hydrogen-bond donors (Lipinski definition) is 0. The van der Waals surface area contributed by atoms with E-state index in [0.717, 1.165) is 29.4 Å². The topological polar surface area (TPSA) is 17.3 Å². The van der Waals surface area contributed by atoms with Gasteiger partial charge in [-0.05, 0) is 42.7 Å². The molecule has 0 radical (unpaired) electrons. The summed E-state index contributed by atoms with van der Waals surface area (Å²) in [5.74, 6) is 0.740. The summed E-state index contributed by atoms with van der Waals surface area (Å²) in [6.45, 7) is 7.07. The predicted octanol–water partition coefficient (Wildman–Crippen LogP) is 4.53. The number of halogens is 1. The molecule has 1 atom stereocenters. The summed E-state index contributed by atoms with van der Waals surface area (Å²) < 4.78 is 2.19. The Kier molecular flexibility index (Phi) is 3.09. The van der Waals surface area contributed by atoms with E-state index in [1.807, 2.05) is 18.3 Å². The molecular weight excluding hydrogens is 256 g/mol. The van der Waals surface area contributed by atoms with E-state index in [1.165, 1.54) is 24.2 Å². The molecular formula is C16H21ClN2. The first-order valence-corrected chi connectivity index (χ1v) is 7.54. The van der Waals surface area contributed by atoms with E-state index in [9.17, 15) is 0 Å². The third kappa shape index (κ3) is 2.16. The second-order valence-electron chi connectivity index (χ2n) is 6.36. The molecule has 2 heterocycles. The Labute approximate surface area is 119 Å². The van der Waals surface area contributed by atoms with Gasteiger partial charge in [0.1, 0.15) is 5.65 Å². The van der Waals surface area contributed by atoms with Gasteiger partial charge in [-0.25, -0.2) is 4.98 Å². The quantitative estimate of drug-likeness (QED) is 0.788. The average Bonchev–Trinajstić information content (AvgIpc) is 2.76. The second kappa shape index (κ2) is 4.52. The molecule has 2 aromatic heterocycles. The van der Waals surface area contributed by atoms with Gasteiger partial charge in [-0.1, -0.05) is 38.8 Å². The molecule has 0 N–H and O–H groups in total. The van der Waals surface area contributed by atoms with Crippen molar-refractivity contribution in [2.45, 2.75) is 46.5 Å². The molecule has 1 aliphatic carbocycles. The molecule has 2 nitrogen and oxygen atoms in total. The van der Waals surface area contributed by atoms with Gasteiger partial charge >= 0.3 is 0 Å². The summed E-state index contributed by atoms with van der Waals surface area (Å²) in [5, 5.41) is 0.782. The van der Waals surface area contributed by atoms with Crippen molar-refractivity contribution in [2.75, 3.05) is 0 Å². The van der Waals surface area contributed by atoms with Gasteiger partial charge in [-0.3, -0.25) is 0 Å². The summed E-state index contributed by atoms with van der Waals surface area (Å²) in [6.07, 6.45) is 6.71. The lowest BCUT2D eigenvalue weighted by molar-refractivity contribution is 0.180. The number of aryl methyl sites for hydroxylation is 1. The van der Waals surface area contributed by atoms with Gasteiger partial charge in [-0.2, -0.15) is 0 Å². The van der Waals surface area contributed by atoms with E-state index in [2.05, 4.69) is 25.2 Å². The zero-order valence-corrected chi connectivity index (χ0v) is 12.7. The molecule has 0 saturated carbocycles. The first kappa shape index (κ1) is 13.0. The highest BCUT2D eigenvalue weighted by Crippen LogP contribution is 2.39. The maximum Gasteiger partial charge on any atom is 0.137 e. The normalized spacial score (nSPS) is 19.7. The standard InChI is InChI=1S/C16H21ClN2/c1-4-16(2,3)11-5-7-13-14(9-11)19-10-12(17)6-8-15(19)18-13/h6,8,10-11H,4-5,7,9H2,1-3H3. The van der Waals surface area contributed by atoms with E-state index in [-0.39, 0.29) is 0 Å². The van der Waals surface area contributed by atoms with Gasteiger partial charge in [-0.15, -0.1) is 0 Å². The van der Waals surface area contributed by atoms with E-state index in [0.29, 0.717) is 5.41 Å². The van der Waals surface area contributed by atoms with Crippen LogP contribution in [0, 0.1) is 11.3 Å². The Bertz CT molecular complexity index is 612. The van der Waals surface area contributed by atoms with Crippen LogP contribution < -0.4 is 0 Å². The van der Waals surface area contributed by atoms with E-state index in [4.69, 9.17) is 16.6 Å². The zero-order valence-electron chi connectivity index (χ0n) is 11.9. The van der Waals surface area contributed by atoms with E-state index in [1.54, 1.807) is 0 Å². The summed E-state index contributed by atoms with van der Waals surface area (Å²) in [7, 11) is 0. The zero-order chi connectivity index (χ0) is 13.6. The largest absolute Gasteiger partial charge is 0.302 e. The lowest BCUT2D eigenvalue weighted by Crippen LogP contribution is -2.29. The molecule has 3 rings (SSSR count). The van der Waals surface area contributed by atoms with Crippen LogP contribution in [-0.4, -0.2) is 9.38 Å². The van der Waals surface area contributed by atoms with Crippen molar-refractivity contribution >= 4 is 17.2 Å². The molecule has 0 fully saturated rings. The third-order valence-electron chi connectivity index (χ3n) is 4.95. The monoisotopic (exact) mass is 276 g/mol. The van der Waals surface area contributed by atoms with Crippen LogP contribution in [0.1, 0.15) is 45.0 Å². The van der Waals surface area contributed by atoms with Gasteiger partial charge in [0.2, 0.25) is 0 Å². The lowest BCUT2D eigenvalue weighted by Gasteiger charge is -2.36. The Balaban J connectivity index is 2.04. The summed E-state index contributed by atoms with van der Waals surface area (Å²) in [4.78, 5) is 4.74. The molecule has 0 spiro atoms. The minimum absolute atomic E-state index is 0.403. The van der Waals surface area contributed by atoms with Gasteiger partial charge in [0.15, 0.2) is 0 Å². The Morgan fingerprint density at radius 3 is 2.95 bits per heavy atom.